The maximum atomic E-state index is 14.0. The Morgan fingerprint density at radius 1 is 1.18 bits per heavy atom. The van der Waals surface area contributed by atoms with E-state index >= 15 is 0 Å². The number of carbonyl (C=O) groups is 1. The molecule has 0 fully saturated rings. The summed E-state index contributed by atoms with van der Waals surface area (Å²) in [5.41, 5.74) is 1.08. The van der Waals surface area contributed by atoms with E-state index in [2.05, 4.69) is 34.4 Å². The second-order valence-electron chi connectivity index (χ2n) is 8.77. The van der Waals surface area contributed by atoms with Gasteiger partial charge in [-0.15, -0.1) is 0 Å². The monoisotopic (exact) mass is 601 g/mol. The Balaban J connectivity index is 2.22. The molecule has 0 spiro atoms. The van der Waals surface area contributed by atoms with Crippen molar-refractivity contribution < 1.29 is 9.18 Å². The SMILES string of the molecule is C=Cc1nc(C(CC)N(CCN(C)C)C(=O)Nc2ccc(Br)cc2)n(-c2ccc(F)c(Cl)c2)c(=O)c1C=C. The number of hydrogen-bond acceptors (Lipinski definition) is 4. The van der Waals surface area contributed by atoms with Crippen LogP contribution in [-0.2, 0) is 0 Å². The lowest BCUT2D eigenvalue weighted by Gasteiger charge is -2.33. The summed E-state index contributed by atoms with van der Waals surface area (Å²) in [5, 5.41) is 2.80. The molecule has 1 atom stereocenters. The molecule has 3 rings (SSSR count). The summed E-state index contributed by atoms with van der Waals surface area (Å²) in [5.74, 6) is -0.316. The van der Waals surface area contributed by atoms with Gasteiger partial charge in [0, 0.05) is 23.2 Å². The fraction of sp³-hybridized carbons (Fsp3) is 0.250. The van der Waals surface area contributed by atoms with E-state index in [1.807, 2.05) is 38.1 Å². The van der Waals surface area contributed by atoms with Gasteiger partial charge in [-0.1, -0.05) is 53.7 Å². The van der Waals surface area contributed by atoms with Crippen LogP contribution >= 0.6 is 27.5 Å². The number of likely N-dealkylation sites (N-methyl/N-ethyl adjacent to an activating group) is 1. The van der Waals surface area contributed by atoms with Crippen LogP contribution in [0.25, 0.3) is 17.8 Å². The van der Waals surface area contributed by atoms with Crippen molar-refractivity contribution in [3.8, 4) is 5.69 Å². The maximum Gasteiger partial charge on any atom is 0.322 e. The minimum absolute atomic E-state index is 0.140. The molecule has 0 saturated carbocycles. The molecule has 1 unspecified atom stereocenters. The van der Waals surface area contributed by atoms with Crippen molar-refractivity contribution in [2.75, 3.05) is 32.5 Å². The quantitative estimate of drug-likeness (QED) is 0.283. The Bertz CT molecular complexity index is 1390. The Morgan fingerprint density at radius 2 is 1.87 bits per heavy atom. The number of anilines is 1. The Kier molecular flexibility index (Phi) is 10.0. The molecule has 3 aromatic rings. The van der Waals surface area contributed by atoms with E-state index in [0.29, 0.717) is 42.4 Å². The molecule has 10 heteroatoms. The van der Waals surface area contributed by atoms with Crippen LogP contribution in [0, 0.1) is 5.82 Å². The highest BCUT2D eigenvalue weighted by Crippen LogP contribution is 2.28. The summed E-state index contributed by atoms with van der Waals surface area (Å²) in [6.45, 7) is 10.4. The van der Waals surface area contributed by atoms with Gasteiger partial charge in [0.1, 0.15) is 11.6 Å². The number of aromatic nitrogens is 2. The first-order chi connectivity index (χ1) is 18.1. The number of nitrogens with one attached hydrogen (secondary N) is 1. The Labute approximate surface area is 235 Å². The van der Waals surface area contributed by atoms with Gasteiger partial charge in [0.05, 0.1) is 28.0 Å². The summed E-state index contributed by atoms with van der Waals surface area (Å²) in [7, 11) is 3.82. The molecular formula is C28H30BrClFN5O2. The van der Waals surface area contributed by atoms with Gasteiger partial charge in [0.2, 0.25) is 0 Å². The number of amides is 2. The van der Waals surface area contributed by atoms with Crippen LogP contribution in [0.1, 0.15) is 36.5 Å². The number of carbonyl (C=O) groups excluding carboxylic acids is 1. The van der Waals surface area contributed by atoms with Crippen LogP contribution in [0.5, 0.6) is 0 Å². The van der Waals surface area contributed by atoms with Crippen LogP contribution in [0.2, 0.25) is 5.02 Å². The highest BCUT2D eigenvalue weighted by molar-refractivity contribution is 9.10. The number of halogens is 3. The van der Waals surface area contributed by atoms with Crippen LogP contribution in [0.3, 0.4) is 0 Å². The van der Waals surface area contributed by atoms with E-state index in [1.54, 1.807) is 17.0 Å². The molecule has 2 amide bonds. The first kappa shape index (κ1) is 29.3. The van der Waals surface area contributed by atoms with Gasteiger partial charge < -0.3 is 15.1 Å². The fourth-order valence-corrected chi connectivity index (χ4v) is 4.43. The molecule has 0 aliphatic carbocycles. The zero-order valence-electron chi connectivity index (χ0n) is 21.5. The zero-order valence-corrected chi connectivity index (χ0v) is 23.9. The highest BCUT2D eigenvalue weighted by Gasteiger charge is 2.30. The number of hydrogen-bond donors (Lipinski definition) is 1. The summed E-state index contributed by atoms with van der Waals surface area (Å²) in [6.07, 6.45) is 3.32. The summed E-state index contributed by atoms with van der Waals surface area (Å²) >= 11 is 9.48. The Hall–Kier alpha value is -3.27. The summed E-state index contributed by atoms with van der Waals surface area (Å²) in [6, 6.07) is 10.3. The average molecular weight is 603 g/mol. The smallest absolute Gasteiger partial charge is 0.313 e. The second kappa shape index (κ2) is 13.0. The van der Waals surface area contributed by atoms with E-state index in [4.69, 9.17) is 16.6 Å². The van der Waals surface area contributed by atoms with Gasteiger partial charge in [0.25, 0.3) is 5.56 Å². The number of urea groups is 1. The van der Waals surface area contributed by atoms with Gasteiger partial charge in [-0.25, -0.2) is 14.2 Å². The number of benzene rings is 2. The van der Waals surface area contributed by atoms with E-state index in [1.165, 1.54) is 34.9 Å². The van der Waals surface area contributed by atoms with Crippen molar-refractivity contribution in [2.24, 2.45) is 0 Å². The van der Waals surface area contributed by atoms with Crippen LogP contribution in [0.4, 0.5) is 14.9 Å². The van der Waals surface area contributed by atoms with Crippen molar-refractivity contribution >= 4 is 51.4 Å². The van der Waals surface area contributed by atoms with Gasteiger partial charge >= 0.3 is 6.03 Å². The molecule has 0 saturated heterocycles. The molecule has 1 aromatic heterocycles. The molecule has 200 valence electrons. The van der Waals surface area contributed by atoms with Crippen molar-refractivity contribution in [3.63, 3.8) is 0 Å². The van der Waals surface area contributed by atoms with Crippen molar-refractivity contribution in [3.05, 3.63) is 98.4 Å². The fourth-order valence-electron chi connectivity index (χ4n) is 3.99. The maximum absolute atomic E-state index is 14.0. The van der Waals surface area contributed by atoms with Gasteiger partial charge in [-0.2, -0.15) is 0 Å². The highest BCUT2D eigenvalue weighted by atomic mass is 79.9. The predicted molar refractivity (Wildman–Crippen MR) is 156 cm³/mol. The minimum atomic E-state index is -0.625. The largest absolute Gasteiger partial charge is 0.322 e. The summed E-state index contributed by atoms with van der Waals surface area (Å²) < 4.78 is 16.3. The molecule has 0 aliphatic heterocycles. The van der Waals surface area contributed by atoms with Crippen molar-refractivity contribution in [1.29, 1.82) is 0 Å². The summed E-state index contributed by atoms with van der Waals surface area (Å²) in [4.78, 5) is 35.8. The number of nitrogens with zero attached hydrogens (tertiary/aromatic N) is 4. The van der Waals surface area contributed by atoms with Gasteiger partial charge in [-0.3, -0.25) is 9.36 Å². The first-order valence-electron chi connectivity index (χ1n) is 12.0. The van der Waals surface area contributed by atoms with Crippen molar-refractivity contribution in [2.45, 2.75) is 19.4 Å². The third-order valence-corrected chi connectivity index (χ3v) is 6.76. The van der Waals surface area contributed by atoms with Crippen LogP contribution in [0.15, 0.2) is 64.9 Å². The molecule has 0 aliphatic rings. The molecular weight excluding hydrogens is 573 g/mol. The third kappa shape index (κ3) is 6.59. The van der Waals surface area contributed by atoms with Crippen molar-refractivity contribution in [1.82, 2.24) is 19.4 Å². The van der Waals surface area contributed by atoms with E-state index < -0.39 is 17.4 Å². The normalized spacial score (nSPS) is 11.8. The molecule has 1 N–H and O–H groups in total. The standard InChI is InChI=1S/C28H30BrClFN5O2/c1-6-21-24(7-2)33-26(36(27(21)37)20-13-14-23(31)22(30)17-20)25(8-3)35(16-15-34(4)5)28(38)32-19-11-9-18(29)10-12-19/h6-7,9-14,17,25H,1-2,8,15-16H2,3-5H3,(H,32,38). The van der Waals surface area contributed by atoms with Gasteiger partial charge in [-0.05, 0) is 69.1 Å². The molecule has 2 aromatic carbocycles. The average Bonchev–Trinajstić information content (AvgIpc) is 2.88. The second-order valence-corrected chi connectivity index (χ2v) is 10.1. The first-order valence-corrected chi connectivity index (χ1v) is 13.1. The van der Waals surface area contributed by atoms with E-state index in [9.17, 15) is 14.0 Å². The molecule has 38 heavy (non-hydrogen) atoms. The lowest BCUT2D eigenvalue weighted by atomic mass is 10.1. The number of rotatable bonds is 10. The molecule has 7 nitrogen and oxygen atoms in total. The van der Waals surface area contributed by atoms with E-state index in [0.717, 1.165) is 4.47 Å². The molecule has 0 radical (unpaired) electrons. The lowest BCUT2D eigenvalue weighted by Crippen LogP contribution is -2.44. The molecule has 1 heterocycles. The zero-order chi connectivity index (χ0) is 28.0. The lowest BCUT2D eigenvalue weighted by molar-refractivity contribution is 0.172. The van der Waals surface area contributed by atoms with Gasteiger partial charge in [0.15, 0.2) is 0 Å². The predicted octanol–water partition coefficient (Wildman–Crippen LogP) is 6.62. The van der Waals surface area contributed by atoms with Crippen LogP contribution < -0.4 is 10.9 Å². The van der Waals surface area contributed by atoms with Crippen LogP contribution in [-0.4, -0.2) is 52.6 Å². The topological polar surface area (TPSA) is 70.5 Å². The third-order valence-electron chi connectivity index (χ3n) is 5.94. The molecule has 0 bridgehead atoms. The minimum Gasteiger partial charge on any atom is -0.313 e. The Morgan fingerprint density at radius 3 is 2.42 bits per heavy atom. The van der Waals surface area contributed by atoms with E-state index in [-0.39, 0.29) is 16.6 Å².